The van der Waals surface area contributed by atoms with Crippen LogP contribution in [0.5, 0.6) is 0 Å². The highest BCUT2D eigenvalue weighted by Crippen LogP contribution is 2.24. The molecule has 1 unspecified atom stereocenters. The molecule has 0 nitrogen and oxygen atoms in total. The smallest absolute Gasteiger partial charge is 0.141 e. The maximum atomic E-state index is 13.5. The number of alkyl halides is 1. The molecule has 60 valence electrons. The summed E-state index contributed by atoms with van der Waals surface area (Å²) in [6, 6.07) is 0. The van der Waals surface area contributed by atoms with Gasteiger partial charge in [-0.2, -0.15) is 0 Å². The highest BCUT2D eigenvalue weighted by atomic mass is 32.1. The quantitative estimate of drug-likeness (QED) is 0.574. The first-order chi connectivity index (χ1) is 4.42. The van der Waals surface area contributed by atoms with Gasteiger partial charge in [0.1, 0.15) is 5.67 Å². The molecule has 0 heterocycles. The molecule has 0 aromatic rings. The molecule has 0 saturated carbocycles. The Morgan fingerprint density at radius 2 is 2.00 bits per heavy atom. The van der Waals surface area contributed by atoms with Crippen LogP contribution in [-0.4, -0.2) is 10.5 Å². The standard InChI is InChI=1S/C8H15FS/c1-5-7(10)8(4,9)6(2)3/h6H,5H2,1-4H3. The summed E-state index contributed by atoms with van der Waals surface area (Å²) in [5.74, 6) is -0.0139. The summed E-state index contributed by atoms with van der Waals surface area (Å²) < 4.78 is 13.5. The van der Waals surface area contributed by atoms with Gasteiger partial charge in [0, 0.05) is 4.86 Å². The molecule has 0 radical (unpaired) electrons. The van der Waals surface area contributed by atoms with Crippen molar-refractivity contribution in [2.75, 3.05) is 0 Å². The molecule has 0 aliphatic carbocycles. The lowest BCUT2D eigenvalue weighted by Crippen LogP contribution is -2.33. The van der Waals surface area contributed by atoms with Gasteiger partial charge >= 0.3 is 0 Å². The normalized spacial score (nSPS) is 17.0. The molecule has 0 rings (SSSR count). The van der Waals surface area contributed by atoms with Crippen LogP contribution in [0.3, 0.4) is 0 Å². The van der Waals surface area contributed by atoms with Crippen molar-refractivity contribution < 1.29 is 4.39 Å². The zero-order chi connectivity index (χ0) is 8.36. The van der Waals surface area contributed by atoms with E-state index < -0.39 is 5.67 Å². The number of hydrogen-bond acceptors (Lipinski definition) is 1. The monoisotopic (exact) mass is 162 g/mol. The number of thiocarbonyl (C=S) groups is 1. The molecule has 0 aliphatic heterocycles. The Balaban J connectivity index is 4.24. The van der Waals surface area contributed by atoms with Gasteiger partial charge < -0.3 is 0 Å². The predicted molar refractivity (Wildman–Crippen MR) is 47.2 cm³/mol. The van der Waals surface area contributed by atoms with Gasteiger partial charge in [-0.1, -0.05) is 33.0 Å². The molecule has 0 aromatic heterocycles. The Bertz CT molecular complexity index is 127. The van der Waals surface area contributed by atoms with Crippen molar-refractivity contribution in [2.45, 2.75) is 39.8 Å². The molecular weight excluding hydrogens is 147 g/mol. The molecule has 2 heteroatoms. The Labute approximate surface area is 67.8 Å². The molecule has 0 spiro atoms. The summed E-state index contributed by atoms with van der Waals surface area (Å²) in [6.07, 6.45) is 0.653. The van der Waals surface area contributed by atoms with Crippen molar-refractivity contribution in [3.8, 4) is 0 Å². The topological polar surface area (TPSA) is 0 Å². The first kappa shape index (κ1) is 10.0. The van der Waals surface area contributed by atoms with Gasteiger partial charge in [0.05, 0.1) is 0 Å². The van der Waals surface area contributed by atoms with Gasteiger partial charge in [-0.05, 0) is 19.3 Å². The number of halogens is 1. The fraction of sp³-hybridized carbons (Fsp3) is 0.875. The van der Waals surface area contributed by atoms with E-state index in [-0.39, 0.29) is 5.92 Å². The molecule has 0 N–H and O–H groups in total. The Morgan fingerprint density at radius 3 is 2.10 bits per heavy atom. The average molecular weight is 162 g/mol. The zero-order valence-electron chi connectivity index (χ0n) is 7.07. The maximum Gasteiger partial charge on any atom is 0.141 e. The highest BCUT2D eigenvalue weighted by molar-refractivity contribution is 7.80. The van der Waals surface area contributed by atoms with Crippen LogP contribution in [0.25, 0.3) is 0 Å². The summed E-state index contributed by atoms with van der Waals surface area (Å²) in [5, 5.41) is 0. The molecule has 0 aliphatic rings. The SMILES string of the molecule is CCC(=S)C(C)(F)C(C)C. The van der Waals surface area contributed by atoms with Crippen molar-refractivity contribution in [3.63, 3.8) is 0 Å². The average Bonchev–Trinajstić information content (AvgIpc) is 1.86. The summed E-state index contributed by atoms with van der Waals surface area (Å²) in [6.45, 7) is 7.15. The number of rotatable bonds is 3. The van der Waals surface area contributed by atoms with Crippen LogP contribution in [0, 0.1) is 5.92 Å². The second kappa shape index (κ2) is 3.42. The van der Waals surface area contributed by atoms with Gasteiger partial charge in [0.25, 0.3) is 0 Å². The van der Waals surface area contributed by atoms with Crippen LogP contribution >= 0.6 is 12.2 Å². The third-order valence-corrected chi connectivity index (χ3v) is 2.64. The molecule has 0 aromatic carbocycles. The first-order valence-corrected chi connectivity index (χ1v) is 4.06. The van der Waals surface area contributed by atoms with E-state index in [4.69, 9.17) is 12.2 Å². The van der Waals surface area contributed by atoms with E-state index in [9.17, 15) is 4.39 Å². The van der Waals surface area contributed by atoms with E-state index in [1.54, 1.807) is 6.92 Å². The van der Waals surface area contributed by atoms with E-state index in [0.29, 0.717) is 11.3 Å². The molecule has 0 bridgehead atoms. The van der Waals surface area contributed by atoms with Crippen molar-refractivity contribution >= 4 is 17.1 Å². The van der Waals surface area contributed by atoms with Crippen LogP contribution in [0.1, 0.15) is 34.1 Å². The van der Waals surface area contributed by atoms with Crippen LogP contribution in [0.2, 0.25) is 0 Å². The Hall–Kier alpha value is 0.0200. The molecule has 0 amide bonds. The van der Waals surface area contributed by atoms with Gasteiger partial charge in [-0.15, -0.1) is 0 Å². The zero-order valence-corrected chi connectivity index (χ0v) is 7.89. The van der Waals surface area contributed by atoms with Crippen molar-refractivity contribution in [1.82, 2.24) is 0 Å². The predicted octanol–water partition coefficient (Wildman–Crippen LogP) is 3.15. The van der Waals surface area contributed by atoms with Crippen LogP contribution in [0.15, 0.2) is 0 Å². The third-order valence-electron chi connectivity index (χ3n) is 1.95. The van der Waals surface area contributed by atoms with Crippen molar-refractivity contribution in [2.24, 2.45) is 5.92 Å². The maximum absolute atomic E-state index is 13.5. The van der Waals surface area contributed by atoms with Crippen molar-refractivity contribution in [3.05, 3.63) is 0 Å². The summed E-state index contributed by atoms with van der Waals surface area (Å²) in [4.78, 5) is 0.530. The highest BCUT2D eigenvalue weighted by Gasteiger charge is 2.30. The fourth-order valence-corrected chi connectivity index (χ4v) is 0.903. The lowest BCUT2D eigenvalue weighted by atomic mass is 9.90. The van der Waals surface area contributed by atoms with Crippen molar-refractivity contribution in [1.29, 1.82) is 0 Å². The molecular formula is C8H15FS. The van der Waals surface area contributed by atoms with Crippen LogP contribution in [0.4, 0.5) is 4.39 Å². The second-order valence-corrected chi connectivity index (χ2v) is 3.50. The van der Waals surface area contributed by atoms with E-state index in [1.165, 1.54) is 0 Å². The van der Waals surface area contributed by atoms with E-state index in [1.807, 2.05) is 20.8 Å². The fourth-order valence-electron chi connectivity index (χ4n) is 0.668. The summed E-state index contributed by atoms with van der Waals surface area (Å²) >= 11 is 4.89. The Morgan fingerprint density at radius 1 is 1.60 bits per heavy atom. The van der Waals surface area contributed by atoms with E-state index >= 15 is 0 Å². The van der Waals surface area contributed by atoms with Gasteiger partial charge in [0.2, 0.25) is 0 Å². The third kappa shape index (κ3) is 2.01. The first-order valence-electron chi connectivity index (χ1n) is 3.65. The molecule has 0 fully saturated rings. The minimum Gasteiger partial charge on any atom is -0.238 e. The van der Waals surface area contributed by atoms with E-state index in [2.05, 4.69) is 0 Å². The summed E-state index contributed by atoms with van der Waals surface area (Å²) in [5.41, 5.74) is -1.26. The minimum atomic E-state index is -1.26. The number of hydrogen-bond donors (Lipinski definition) is 0. The lowest BCUT2D eigenvalue weighted by molar-refractivity contribution is 0.209. The molecule has 10 heavy (non-hydrogen) atoms. The largest absolute Gasteiger partial charge is 0.238 e. The lowest BCUT2D eigenvalue weighted by Gasteiger charge is -2.24. The van der Waals surface area contributed by atoms with Crippen LogP contribution < -0.4 is 0 Å². The Kier molecular flexibility index (Phi) is 3.43. The molecule has 0 saturated heterocycles. The minimum absolute atomic E-state index is 0.0139. The summed E-state index contributed by atoms with van der Waals surface area (Å²) in [7, 11) is 0. The molecule has 1 atom stereocenters. The van der Waals surface area contributed by atoms with E-state index in [0.717, 1.165) is 0 Å². The van der Waals surface area contributed by atoms with Gasteiger partial charge in [-0.25, -0.2) is 4.39 Å². The second-order valence-electron chi connectivity index (χ2n) is 3.01. The van der Waals surface area contributed by atoms with Gasteiger partial charge in [-0.3, -0.25) is 0 Å². The van der Waals surface area contributed by atoms with Gasteiger partial charge in [0.15, 0.2) is 0 Å². The van der Waals surface area contributed by atoms with Crippen LogP contribution in [-0.2, 0) is 0 Å².